The van der Waals surface area contributed by atoms with Gasteiger partial charge in [-0.2, -0.15) is 0 Å². The maximum absolute atomic E-state index is 13.7. The predicted molar refractivity (Wildman–Crippen MR) is 132 cm³/mol. The van der Waals surface area contributed by atoms with Gasteiger partial charge in [0.2, 0.25) is 5.91 Å². The normalized spacial score (nSPS) is 20.1. The molecule has 0 radical (unpaired) electrons. The van der Waals surface area contributed by atoms with E-state index >= 15 is 0 Å². The van der Waals surface area contributed by atoms with Crippen molar-refractivity contribution in [2.24, 2.45) is 11.3 Å². The third-order valence-electron chi connectivity index (χ3n) is 7.26. The lowest BCUT2D eigenvalue weighted by Crippen LogP contribution is -2.45. The van der Waals surface area contributed by atoms with Crippen LogP contribution in [0.25, 0.3) is 0 Å². The van der Waals surface area contributed by atoms with Gasteiger partial charge in [0.25, 0.3) is 0 Å². The van der Waals surface area contributed by atoms with Crippen LogP contribution in [0.2, 0.25) is 0 Å². The van der Waals surface area contributed by atoms with E-state index in [1.54, 1.807) is 6.07 Å². The molecule has 1 atom stereocenters. The number of carbonyl (C=O) groups is 2. The molecule has 0 aliphatic carbocycles. The first kappa shape index (κ1) is 25.2. The predicted octanol–water partition coefficient (Wildman–Crippen LogP) is 4.37. The summed E-state index contributed by atoms with van der Waals surface area (Å²) < 4.78 is 18.9. The number of piperidine rings is 1. The second-order valence-electron chi connectivity index (χ2n) is 10.4. The summed E-state index contributed by atoms with van der Waals surface area (Å²) in [5.41, 5.74) is 1.68. The highest BCUT2D eigenvalue weighted by atomic mass is 19.1. The lowest BCUT2D eigenvalue weighted by atomic mass is 9.75. The molecular formula is C28H35FN2O4. The number of hydrogen-bond acceptors (Lipinski definition) is 4. The van der Waals surface area contributed by atoms with Gasteiger partial charge in [-0.05, 0) is 68.5 Å². The second-order valence-corrected chi connectivity index (χ2v) is 10.4. The largest absolute Gasteiger partial charge is 0.482 e. The molecule has 35 heavy (non-hydrogen) atoms. The summed E-state index contributed by atoms with van der Waals surface area (Å²) >= 11 is 0. The average molecular weight is 483 g/mol. The van der Waals surface area contributed by atoms with Crippen LogP contribution in [0.3, 0.4) is 0 Å². The molecule has 6 nitrogen and oxygen atoms in total. The van der Waals surface area contributed by atoms with Crippen molar-refractivity contribution in [3.05, 3.63) is 65.5 Å². The van der Waals surface area contributed by atoms with Crippen LogP contribution in [0.4, 0.5) is 4.39 Å². The van der Waals surface area contributed by atoms with E-state index in [4.69, 9.17) is 9.84 Å². The van der Waals surface area contributed by atoms with Crippen molar-refractivity contribution in [3.63, 3.8) is 0 Å². The number of carboxylic acid groups (broad SMARTS) is 1. The summed E-state index contributed by atoms with van der Waals surface area (Å²) in [4.78, 5) is 29.0. The Bertz CT molecular complexity index is 1030. The maximum atomic E-state index is 13.7. The SMILES string of the molecule is CC(C)CN1C(=O)C2(CCN(Cc3ccccc3OCC(=O)O)CC2)CC1Cc1ccc(F)cc1. The molecule has 1 N–H and O–H groups in total. The average Bonchev–Trinajstić information content (AvgIpc) is 3.06. The Morgan fingerprint density at radius 2 is 1.83 bits per heavy atom. The quantitative estimate of drug-likeness (QED) is 0.575. The van der Waals surface area contributed by atoms with E-state index < -0.39 is 5.97 Å². The first-order chi connectivity index (χ1) is 16.8. The van der Waals surface area contributed by atoms with Gasteiger partial charge in [0.1, 0.15) is 11.6 Å². The zero-order valence-corrected chi connectivity index (χ0v) is 20.6. The molecule has 0 aromatic heterocycles. The molecule has 2 aliphatic heterocycles. The molecule has 2 aliphatic rings. The number of amides is 1. The van der Waals surface area contributed by atoms with Crippen molar-refractivity contribution in [1.82, 2.24) is 9.80 Å². The molecule has 2 aromatic rings. The molecule has 1 unspecified atom stereocenters. The van der Waals surface area contributed by atoms with Gasteiger partial charge in [0.05, 0.1) is 5.41 Å². The molecule has 2 fully saturated rings. The van der Waals surface area contributed by atoms with Crippen LogP contribution in [-0.4, -0.2) is 59.1 Å². The number of benzene rings is 2. The molecule has 188 valence electrons. The Morgan fingerprint density at radius 1 is 1.14 bits per heavy atom. The van der Waals surface area contributed by atoms with Crippen molar-refractivity contribution in [1.29, 1.82) is 0 Å². The van der Waals surface area contributed by atoms with E-state index in [0.717, 1.165) is 56.4 Å². The fourth-order valence-electron chi connectivity index (χ4n) is 5.53. The van der Waals surface area contributed by atoms with Crippen LogP contribution in [0, 0.1) is 17.2 Å². The minimum atomic E-state index is -0.999. The Morgan fingerprint density at radius 3 is 2.49 bits per heavy atom. The minimum absolute atomic E-state index is 0.132. The summed E-state index contributed by atoms with van der Waals surface area (Å²) in [5, 5.41) is 8.94. The maximum Gasteiger partial charge on any atom is 0.341 e. The third-order valence-corrected chi connectivity index (χ3v) is 7.26. The molecule has 1 amide bonds. The number of hydrogen-bond donors (Lipinski definition) is 1. The Labute approximate surface area is 206 Å². The van der Waals surface area contributed by atoms with Gasteiger partial charge in [-0.25, -0.2) is 9.18 Å². The number of carboxylic acids is 1. The number of carbonyl (C=O) groups excluding carboxylic acids is 1. The third kappa shape index (κ3) is 6.01. The lowest BCUT2D eigenvalue weighted by molar-refractivity contribution is -0.140. The van der Waals surface area contributed by atoms with Crippen molar-refractivity contribution in [2.75, 3.05) is 26.2 Å². The van der Waals surface area contributed by atoms with Crippen LogP contribution in [0.15, 0.2) is 48.5 Å². The highest BCUT2D eigenvalue weighted by molar-refractivity contribution is 5.85. The molecule has 1 spiro atoms. The zero-order valence-electron chi connectivity index (χ0n) is 20.6. The highest BCUT2D eigenvalue weighted by Crippen LogP contribution is 2.46. The molecule has 2 heterocycles. The lowest BCUT2D eigenvalue weighted by Gasteiger charge is -2.38. The summed E-state index contributed by atoms with van der Waals surface area (Å²) in [6.45, 7) is 6.92. The standard InChI is InChI=1S/C28H35FN2O4/c1-20(2)17-31-24(15-21-7-9-23(29)10-8-21)16-28(27(31)34)11-13-30(14-12-28)18-22-5-3-4-6-25(22)35-19-26(32)33/h3-10,20,24H,11-19H2,1-2H3,(H,32,33). The Balaban J connectivity index is 1.43. The van der Waals surface area contributed by atoms with Crippen LogP contribution < -0.4 is 4.74 Å². The van der Waals surface area contributed by atoms with Crippen LogP contribution in [-0.2, 0) is 22.6 Å². The first-order valence-corrected chi connectivity index (χ1v) is 12.5. The number of ether oxygens (including phenoxy) is 1. The summed E-state index contributed by atoms with van der Waals surface area (Å²) in [6, 6.07) is 14.3. The Kier molecular flexibility index (Phi) is 7.75. The minimum Gasteiger partial charge on any atom is -0.482 e. The summed E-state index contributed by atoms with van der Waals surface area (Å²) in [5.74, 6) is -0.000341. The van der Waals surface area contributed by atoms with Crippen LogP contribution in [0.5, 0.6) is 5.75 Å². The fraction of sp³-hybridized carbons (Fsp3) is 0.500. The van der Waals surface area contributed by atoms with E-state index in [-0.39, 0.29) is 29.8 Å². The van der Waals surface area contributed by atoms with Crippen molar-refractivity contribution in [3.8, 4) is 5.75 Å². The van der Waals surface area contributed by atoms with E-state index in [0.29, 0.717) is 18.2 Å². The number of aliphatic carboxylic acids is 1. The molecule has 7 heteroatoms. The summed E-state index contributed by atoms with van der Waals surface area (Å²) in [7, 11) is 0. The first-order valence-electron chi connectivity index (χ1n) is 12.5. The Hall–Kier alpha value is -2.93. The zero-order chi connectivity index (χ0) is 25.0. The van der Waals surface area contributed by atoms with Gasteiger partial charge < -0.3 is 14.7 Å². The number of halogens is 1. The van der Waals surface area contributed by atoms with Crippen molar-refractivity contribution in [2.45, 2.75) is 52.1 Å². The molecule has 0 bridgehead atoms. The second kappa shape index (κ2) is 10.8. The van der Waals surface area contributed by atoms with Crippen molar-refractivity contribution >= 4 is 11.9 Å². The van der Waals surface area contributed by atoms with Gasteiger partial charge in [0.15, 0.2) is 6.61 Å². The van der Waals surface area contributed by atoms with E-state index in [1.165, 1.54) is 12.1 Å². The molecule has 4 rings (SSSR count). The van der Waals surface area contributed by atoms with Gasteiger partial charge in [-0.15, -0.1) is 0 Å². The van der Waals surface area contributed by atoms with Crippen LogP contribution >= 0.6 is 0 Å². The van der Waals surface area contributed by atoms with Crippen molar-refractivity contribution < 1.29 is 23.8 Å². The monoisotopic (exact) mass is 482 g/mol. The van der Waals surface area contributed by atoms with E-state index in [9.17, 15) is 14.0 Å². The number of para-hydroxylation sites is 1. The van der Waals surface area contributed by atoms with E-state index in [2.05, 4.69) is 23.6 Å². The van der Waals surface area contributed by atoms with Gasteiger partial charge in [-0.1, -0.05) is 44.2 Å². The van der Waals surface area contributed by atoms with Gasteiger partial charge >= 0.3 is 5.97 Å². The number of likely N-dealkylation sites (tertiary alicyclic amines) is 2. The number of nitrogens with zero attached hydrogens (tertiary/aromatic N) is 2. The summed E-state index contributed by atoms with van der Waals surface area (Å²) in [6.07, 6.45) is 3.19. The van der Waals surface area contributed by atoms with Gasteiger partial charge in [0, 0.05) is 24.7 Å². The van der Waals surface area contributed by atoms with Gasteiger partial charge in [-0.3, -0.25) is 9.69 Å². The molecular weight excluding hydrogens is 447 g/mol. The topological polar surface area (TPSA) is 70.1 Å². The number of rotatable bonds is 9. The molecule has 0 saturated carbocycles. The highest BCUT2D eigenvalue weighted by Gasteiger charge is 2.52. The smallest absolute Gasteiger partial charge is 0.341 e. The molecule has 2 aromatic carbocycles. The van der Waals surface area contributed by atoms with Crippen LogP contribution in [0.1, 0.15) is 44.2 Å². The molecule has 2 saturated heterocycles. The van der Waals surface area contributed by atoms with E-state index in [1.807, 2.05) is 30.3 Å². The fourth-order valence-corrected chi connectivity index (χ4v) is 5.53.